The van der Waals surface area contributed by atoms with Gasteiger partial charge in [0, 0.05) is 24.0 Å². The number of hydrogen-bond donors (Lipinski definition) is 0. The van der Waals surface area contributed by atoms with Gasteiger partial charge >= 0.3 is 0 Å². The average Bonchev–Trinajstić information content (AvgIpc) is 3.26. The molecule has 0 radical (unpaired) electrons. The van der Waals surface area contributed by atoms with Gasteiger partial charge in [-0.15, -0.1) is 0 Å². The standard InChI is InChI=1S/C26H19F2N3O2/c27-16-33-22-12-10-21(11-13-22)31-15-23(19-6-8-20(28)9-7-19)25-24(26(31)32)29-17-30(25)14-18-4-2-1-3-5-18/h1-13,15,17H,14,16H2. The topological polar surface area (TPSA) is 49.0 Å². The fourth-order valence-electron chi connectivity index (χ4n) is 3.88. The fourth-order valence-corrected chi connectivity index (χ4v) is 3.88. The van der Waals surface area contributed by atoms with Crippen LogP contribution in [0.2, 0.25) is 0 Å². The Morgan fingerprint density at radius 2 is 1.64 bits per heavy atom. The molecule has 0 aliphatic heterocycles. The van der Waals surface area contributed by atoms with Crippen LogP contribution < -0.4 is 10.3 Å². The third-order valence-corrected chi connectivity index (χ3v) is 5.46. The van der Waals surface area contributed by atoms with Gasteiger partial charge in [-0.1, -0.05) is 42.5 Å². The van der Waals surface area contributed by atoms with Crippen molar-refractivity contribution >= 4 is 11.0 Å². The number of alkyl halides is 1. The van der Waals surface area contributed by atoms with Crippen molar-refractivity contribution in [2.45, 2.75) is 6.54 Å². The first-order chi connectivity index (χ1) is 16.1. The minimum Gasteiger partial charge on any atom is -0.463 e. The summed E-state index contributed by atoms with van der Waals surface area (Å²) in [7, 11) is 0. The quantitative estimate of drug-likeness (QED) is 0.356. The summed E-state index contributed by atoms with van der Waals surface area (Å²) < 4.78 is 34.3. The van der Waals surface area contributed by atoms with E-state index in [1.165, 1.54) is 16.7 Å². The van der Waals surface area contributed by atoms with Crippen molar-refractivity contribution in [3.8, 4) is 22.6 Å². The number of ether oxygens (including phenoxy) is 1. The van der Waals surface area contributed by atoms with Crippen molar-refractivity contribution in [1.29, 1.82) is 0 Å². The van der Waals surface area contributed by atoms with Crippen LogP contribution in [-0.2, 0) is 6.54 Å². The van der Waals surface area contributed by atoms with Crippen LogP contribution >= 0.6 is 0 Å². The fraction of sp³-hybridized carbons (Fsp3) is 0.0769. The summed E-state index contributed by atoms with van der Waals surface area (Å²) in [6.45, 7) is -0.400. The first-order valence-electron chi connectivity index (χ1n) is 10.3. The largest absolute Gasteiger partial charge is 0.463 e. The molecule has 0 aliphatic rings. The molecule has 0 aliphatic carbocycles. The Kier molecular flexibility index (Phi) is 5.44. The second-order valence-corrected chi connectivity index (χ2v) is 7.53. The number of aromatic nitrogens is 3. The highest BCUT2D eigenvalue weighted by Gasteiger charge is 2.17. The molecular weight excluding hydrogens is 424 g/mol. The van der Waals surface area contributed by atoms with Gasteiger partial charge in [0.2, 0.25) is 6.86 Å². The summed E-state index contributed by atoms with van der Waals surface area (Å²) in [5, 5.41) is 0. The van der Waals surface area contributed by atoms with E-state index in [1.54, 1.807) is 48.9 Å². The highest BCUT2D eigenvalue weighted by atomic mass is 19.1. The number of benzene rings is 3. The molecule has 5 aromatic rings. The van der Waals surface area contributed by atoms with E-state index in [-0.39, 0.29) is 11.4 Å². The molecule has 5 nitrogen and oxygen atoms in total. The second kappa shape index (κ2) is 8.70. The van der Waals surface area contributed by atoms with Crippen molar-refractivity contribution < 1.29 is 13.5 Å². The molecule has 2 aromatic heterocycles. The molecule has 3 aromatic carbocycles. The molecule has 5 rings (SSSR count). The molecule has 0 bridgehead atoms. The Labute approximate surface area is 188 Å². The van der Waals surface area contributed by atoms with Crippen LogP contribution in [0.3, 0.4) is 0 Å². The molecule has 33 heavy (non-hydrogen) atoms. The molecule has 0 N–H and O–H groups in total. The van der Waals surface area contributed by atoms with Crippen LogP contribution in [0.15, 0.2) is 96.2 Å². The summed E-state index contributed by atoms with van der Waals surface area (Å²) in [6.07, 6.45) is 3.38. The Balaban J connectivity index is 1.71. The number of hydrogen-bond acceptors (Lipinski definition) is 3. The van der Waals surface area contributed by atoms with Gasteiger partial charge in [0.1, 0.15) is 11.6 Å². The van der Waals surface area contributed by atoms with Gasteiger partial charge in [-0.3, -0.25) is 9.36 Å². The Hall–Kier alpha value is -4.26. The van der Waals surface area contributed by atoms with Crippen molar-refractivity contribution in [3.63, 3.8) is 0 Å². The number of nitrogens with zero attached hydrogens (tertiary/aromatic N) is 3. The van der Waals surface area contributed by atoms with Crippen LogP contribution in [-0.4, -0.2) is 21.0 Å². The molecule has 0 saturated heterocycles. The van der Waals surface area contributed by atoms with Crippen molar-refractivity contribution in [2.75, 3.05) is 6.86 Å². The molecule has 164 valence electrons. The van der Waals surface area contributed by atoms with Crippen LogP contribution in [0, 0.1) is 5.82 Å². The van der Waals surface area contributed by atoms with E-state index in [0.29, 0.717) is 29.0 Å². The highest BCUT2D eigenvalue weighted by molar-refractivity contribution is 5.91. The summed E-state index contributed by atoms with van der Waals surface area (Å²) in [4.78, 5) is 17.8. The van der Waals surface area contributed by atoms with Crippen molar-refractivity contribution in [3.05, 3.63) is 113 Å². The third-order valence-electron chi connectivity index (χ3n) is 5.46. The van der Waals surface area contributed by atoms with E-state index in [1.807, 2.05) is 34.9 Å². The smallest absolute Gasteiger partial charge is 0.283 e. The van der Waals surface area contributed by atoms with Crippen molar-refractivity contribution in [1.82, 2.24) is 14.1 Å². The first kappa shape index (κ1) is 20.6. The van der Waals surface area contributed by atoms with Gasteiger partial charge in [0.25, 0.3) is 5.56 Å². The predicted molar refractivity (Wildman–Crippen MR) is 123 cm³/mol. The monoisotopic (exact) mass is 443 g/mol. The maximum Gasteiger partial charge on any atom is 0.283 e. The summed E-state index contributed by atoms with van der Waals surface area (Å²) in [5.41, 5.74) is 3.82. The van der Waals surface area contributed by atoms with Gasteiger partial charge in [0.15, 0.2) is 5.52 Å². The maximum absolute atomic E-state index is 13.6. The van der Waals surface area contributed by atoms with Crippen LogP contribution in [0.25, 0.3) is 27.8 Å². The van der Waals surface area contributed by atoms with E-state index >= 15 is 0 Å². The lowest BCUT2D eigenvalue weighted by Gasteiger charge is -2.13. The third kappa shape index (κ3) is 4.01. The Morgan fingerprint density at radius 3 is 2.33 bits per heavy atom. The number of fused-ring (bicyclic) bond motifs is 1. The zero-order chi connectivity index (χ0) is 22.8. The number of imidazole rings is 1. The van der Waals surface area contributed by atoms with Gasteiger partial charge in [0.05, 0.1) is 11.8 Å². The molecule has 0 amide bonds. The maximum atomic E-state index is 13.6. The zero-order valence-electron chi connectivity index (χ0n) is 17.5. The molecular formula is C26H19F2N3O2. The molecule has 0 saturated carbocycles. The predicted octanol–water partition coefficient (Wildman–Crippen LogP) is 5.35. The van der Waals surface area contributed by atoms with Gasteiger partial charge < -0.3 is 9.30 Å². The summed E-state index contributed by atoms with van der Waals surface area (Å²) in [5.74, 6) is 0.0193. The van der Waals surface area contributed by atoms with Crippen LogP contribution in [0.1, 0.15) is 5.56 Å². The number of halogens is 2. The van der Waals surface area contributed by atoms with E-state index in [0.717, 1.165) is 16.7 Å². The molecule has 0 fully saturated rings. The van der Waals surface area contributed by atoms with E-state index in [2.05, 4.69) is 4.98 Å². The minimum atomic E-state index is -0.932. The van der Waals surface area contributed by atoms with E-state index in [9.17, 15) is 13.6 Å². The normalized spacial score (nSPS) is 11.1. The van der Waals surface area contributed by atoms with E-state index in [4.69, 9.17) is 4.74 Å². The van der Waals surface area contributed by atoms with E-state index < -0.39 is 6.86 Å². The van der Waals surface area contributed by atoms with Gasteiger partial charge in [-0.2, -0.15) is 0 Å². The van der Waals surface area contributed by atoms with Crippen LogP contribution in [0.4, 0.5) is 8.78 Å². The average molecular weight is 443 g/mol. The summed E-state index contributed by atoms with van der Waals surface area (Å²) in [6, 6.07) is 22.5. The molecule has 2 heterocycles. The molecule has 7 heteroatoms. The zero-order valence-corrected chi connectivity index (χ0v) is 17.5. The van der Waals surface area contributed by atoms with Gasteiger partial charge in [-0.25, -0.2) is 13.8 Å². The number of pyridine rings is 1. The Bertz CT molecular complexity index is 1460. The highest BCUT2D eigenvalue weighted by Crippen LogP contribution is 2.29. The lowest BCUT2D eigenvalue weighted by atomic mass is 10.1. The van der Waals surface area contributed by atoms with Crippen molar-refractivity contribution in [2.24, 2.45) is 0 Å². The summed E-state index contributed by atoms with van der Waals surface area (Å²) >= 11 is 0. The minimum absolute atomic E-state index is 0.290. The second-order valence-electron chi connectivity index (χ2n) is 7.53. The first-order valence-corrected chi connectivity index (χ1v) is 10.3. The molecule has 0 unspecified atom stereocenters. The lowest BCUT2D eigenvalue weighted by molar-refractivity contribution is 0.192. The number of rotatable bonds is 6. The SMILES string of the molecule is O=c1c2ncn(Cc3ccccc3)c2c(-c2ccc(F)cc2)cn1-c1ccc(OCF)cc1. The Morgan fingerprint density at radius 1 is 0.909 bits per heavy atom. The molecule has 0 atom stereocenters. The lowest BCUT2D eigenvalue weighted by Crippen LogP contribution is -2.19. The van der Waals surface area contributed by atoms with Crippen LogP contribution in [0.5, 0.6) is 5.75 Å². The van der Waals surface area contributed by atoms with Gasteiger partial charge in [-0.05, 0) is 47.5 Å². The molecule has 0 spiro atoms.